The number of hydrogen-bond donors (Lipinski definition) is 2. The Morgan fingerprint density at radius 3 is 1.92 bits per heavy atom. The van der Waals surface area contributed by atoms with Crippen molar-refractivity contribution in [1.29, 1.82) is 0 Å². The van der Waals surface area contributed by atoms with E-state index in [0.29, 0.717) is 22.8 Å². The minimum atomic E-state index is -5.06. The van der Waals surface area contributed by atoms with Crippen LogP contribution in [0.2, 0.25) is 10.0 Å². The minimum absolute atomic E-state index is 0. The second kappa shape index (κ2) is 30.1. The molecule has 0 radical (unpaired) electrons. The second-order valence-corrected chi connectivity index (χ2v) is 18.3. The Morgan fingerprint density at radius 2 is 1.41 bits per heavy atom. The van der Waals surface area contributed by atoms with Crippen LogP contribution >= 0.6 is 58.8 Å². The van der Waals surface area contributed by atoms with Crippen LogP contribution in [0.4, 0.5) is 23.0 Å². The summed E-state index contributed by atoms with van der Waals surface area (Å²) in [5.74, 6) is -1.77. The largest absolute Gasteiger partial charge is 1.00 e. The molecule has 0 amide bonds. The topological polar surface area (TPSA) is 353 Å². The maximum absolute atomic E-state index is 13.4. The van der Waals surface area contributed by atoms with Crippen LogP contribution in [0.5, 0.6) is 5.88 Å². The van der Waals surface area contributed by atoms with Crippen LogP contribution in [0.1, 0.15) is 12.8 Å². The number of nitrogens with one attached hydrogen (secondary N) is 2. The van der Waals surface area contributed by atoms with E-state index in [9.17, 15) is 53.8 Å². The first-order chi connectivity index (χ1) is 26.3. The minimum Gasteiger partial charge on any atom is -0.748 e. The van der Waals surface area contributed by atoms with Gasteiger partial charge in [0.2, 0.25) is 5.95 Å². The fraction of sp³-hybridized carbons (Fsp3) is 0.240. The van der Waals surface area contributed by atoms with E-state index in [1.807, 2.05) is 0 Å². The Kier molecular flexibility index (Phi) is 31.9. The molecule has 2 heterocycles. The van der Waals surface area contributed by atoms with Gasteiger partial charge in [-0.2, -0.15) is 29.5 Å². The molecule has 304 valence electrons. The van der Waals surface area contributed by atoms with Crippen LogP contribution in [-0.4, -0.2) is 93.1 Å². The quantitative estimate of drug-likeness (QED) is 0.00900. The number of anilines is 2. The van der Waals surface area contributed by atoms with Crippen molar-refractivity contribution in [3.05, 3.63) is 50.7 Å². The van der Waals surface area contributed by atoms with Crippen molar-refractivity contribution in [2.45, 2.75) is 32.9 Å². The Labute approximate surface area is 480 Å². The van der Waals surface area contributed by atoms with Crippen LogP contribution in [0.3, 0.4) is 0 Å². The summed E-state index contributed by atoms with van der Waals surface area (Å²) in [5, 5.41) is 26.2. The molecule has 2 aromatic heterocycles. The molecule has 0 bridgehead atoms. The number of carbonyl (C=O) groups excluding carboxylic acids is 1. The zero-order valence-electron chi connectivity index (χ0n) is 32.1. The van der Waals surface area contributed by atoms with Crippen molar-refractivity contribution in [2.24, 2.45) is 10.2 Å². The Bertz CT molecular complexity index is 2470. The third kappa shape index (κ3) is 21.6. The summed E-state index contributed by atoms with van der Waals surface area (Å²) in [5.41, 5.74) is -2.01. The van der Waals surface area contributed by atoms with Gasteiger partial charge in [-0.05, 0) is 43.2 Å². The molecule has 23 nitrogen and oxygen atoms in total. The molecule has 61 heavy (non-hydrogen) atoms. The number of halogens is 2. The van der Waals surface area contributed by atoms with Gasteiger partial charge >= 0.3 is 148 Å². The number of nitrogens with zero attached hydrogens (tertiary/aromatic N) is 6. The van der Waals surface area contributed by atoms with Gasteiger partial charge in [-0.1, -0.05) is 46.7 Å². The number of benzene rings is 2. The van der Waals surface area contributed by atoms with E-state index in [4.69, 9.17) is 27.9 Å². The molecule has 0 aliphatic rings. The molecule has 0 saturated heterocycles. The molecule has 0 aliphatic carbocycles. The van der Waals surface area contributed by atoms with Gasteiger partial charge < -0.3 is 38.9 Å². The number of thioether (sulfide) groups is 2. The van der Waals surface area contributed by atoms with Crippen LogP contribution in [0.15, 0.2) is 65.5 Å². The molecular weight excluding hydrogens is 1030 g/mol. The van der Waals surface area contributed by atoms with Crippen molar-refractivity contribution in [3.8, 4) is 11.6 Å². The van der Waals surface area contributed by atoms with Gasteiger partial charge in [-0.15, -0.1) is 0 Å². The summed E-state index contributed by atoms with van der Waals surface area (Å²) in [6, 6.07) is 5.63. The average molecular weight is 1050 g/mol. The van der Waals surface area contributed by atoms with Crippen molar-refractivity contribution in [3.63, 3.8) is 0 Å². The van der Waals surface area contributed by atoms with Gasteiger partial charge in [0.05, 0.1) is 63.7 Å². The Hall–Kier alpha value is 1.57. The van der Waals surface area contributed by atoms with Gasteiger partial charge in [0, 0.05) is 28.7 Å². The van der Waals surface area contributed by atoms with Crippen molar-refractivity contribution >= 4 is 119 Å². The molecule has 0 spiro atoms. The van der Waals surface area contributed by atoms with Crippen molar-refractivity contribution in [1.82, 2.24) is 24.7 Å². The molecule has 4 aromatic rings. The first kappa shape index (κ1) is 64.7. The molecule has 0 fully saturated rings. The van der Waals surface area contributed by atoms with Gasteiger partial charge in [0.15, 0.2) is 16.8 Å². The molecule has 36 heteroatoms. The summed E-state index contributed by atoms with van der Waals surface area (Å²) in [6.45, 7) is 1.10. The van der Waals surface area contributed by atoms with Gasteiger partial charge in [-0.25, -0.2) is 29.9 Å². The smallest absolute Gasteiger partial charge is 0.748 e. The van der Waals surface area contributed by atoms with E-state index in [0.717, 1.165) is 36.1 Å². The maximum atomic E-state index is 13.4. The predicted molar refractivity (Wildman–Crippen MR) is 192 cm³/mol. The molecule has 0 atom stereocenters. The van der Waals surface area contributed by atoms with Gasteiger partial charge in [0.25, 0.3) is 5.56 Å². The average Bonchev–Trinajstić information content (AvgIpc) is 3.40. The normalized spacial score (nSPS) is 11.3. The number of rotatable bonds is 21. The van der Waals surface area contributed by atoms with E-state index in [-0.39, 0.29) is 210 Å². The third-order valence-electron chi connectivity index (χ3n) is 6.25. The van der Waals surface area contributed by atoms with E-state index in [2.05, 4.69) is 45.0 Å². The fourth-order valence-corrected chi connectivity index (χ4v) is 8.70. The fourth-order valence-electron chi connectivity index (χ4n) is 4.01. The van der Waals surface area contributed by atoms with Crippen LogP contribution in [0.25, 0.3) is 5.69 Å². The number of aromatic amines is 1. The summed E-state index contributed by atoms with van der Waals surface area (Å²) in [7, 11) is -14.0. The third-order valence-corrected chi connectivity index (χ3v) is 11.9. The van der Waals surface area contributed by atoms with E-state index in [1.165, 1.54) is 18.2 Å². The number of H-pyrrole nitrogens is 1. The summed E-state index contributed by atoms with van der Waals surface area (Å²) < 4.78 is 110. The summed E-state index contributed by atoms with van der Waals surface area (Å²) in [6.07, 6.45) is -0.0554. The number of hydrogen-bond acceptors (Lipinski definition) is 24. The monoisotopic (exact) mass is 1050 g/mol. The van der Waals surface area contributed by atoms with Crippen LogP contribution < -0.4 is 169 Å². The number of aromatic nitrogens is 5. The zero-order valence-corrected chi connectivity index (χ0v) is 48.6. The molecule has 4 rings (SSSR count). The zero-order chi connectivity index (χ0) is 41.3. The number of ether oxygens (including phenoxy) is 1. The van der Waals surface area contributed by atoms with E-state index < -0.39 is 73.9 Å². The van der Waals surface area contributed by atoms with Crippen molar-refractivity contribution < 1.29 is 211 Å². The molecule has 2 aromatic carbocycles. The molecule has 0 unspecified atom stereocenters. The van der Waals surface area contributed by atoms with Crippen LogP contribution in [0, 0.1) is 0 Å². The molecule has 0 saturated carbocycles. The Balaban J connectivity index is 0. The molecule has 2 N–H and O–H groups in total. The van der Waals surface area contributed by atoms with Crippen molar-refractivity contribution in [2.75, 3.05) is 28.3 Å². The second-order valence-electron chi connectivity index (χ2n) is 10.2. The molecular formula is C25H19Cl2N8Na5O15S6. The summed E-state index contributed by atoms with van der Waals surface area (Å²) >= 11 is 14.4. The summed E-state index contributed by atoms with van der Waals surface area (Å²) in [4.78, 5) is 36.5. The predicted octanol–water partition coefficient (Wildman–Crippen LogP) is -12.5. The number of azo groups is 1. The first-order valence-electron chi connectivity index (χ1n) is 14.5. The van der Waals surface area contributed by atoms with Crippen LogP contribution in [-0.2, 0) is 44.5 Å². The van der Waals surface area contributed by atoms with E-state index >= 15 is 0 Å². The molecule has 0 aliphatic heterocycles. The maximum Gasteiger partial charge on any atom is 1.00 e. The first-order valence-corrected chi connectivity index (χ1v) is 22.5. The SMILES string of the molecule is O=[C-]Oc1[nH]n(-c2cc(Cl)c(S(=O)(=O)[O-])cc2Cl)c(=O)c1N=Nc1cc(Nc2nc(SCCCS(=O)(=O)[O-])nc(SCCCS(=O)(=O)[O-])n2)ccc1SOO[O-].[Na+].[Na+].[Na+].[Na+].[Na+]. The van der Waals surface area contributed by atoms with E-state index in [1.54, 1.807) is 0 Å². The van der Waals surface area contributed by atoms with Gasteiger partial charge in [0.1, 0.15) is 21.5 Å². The Morgan fingerprint density at radius 1 is 0.836 bits per heavy atom. The standard InChI is InChI=1S/C25H23Cl2N8O15S6.5Na/c26-14-11-19(56(45,46)47)15(27)10-17(14)35-22(37)20(21(34-35)48-12-36)33-32-16-9-13(3-4-18(16)53-50-49-38)28-23-29-24(51-5-1-7-54(39,40)41)31-25(30-23)52-6-2-8-55(42,43)44;;;;;/h3-4,9-11,34,38H,1-2,5-8H2,(H,39,40,41)(H,42,43,44)(H,45,46,47)(H,28,29,30,31);;;;;/q-1;5*+1/p-4. The van der Waals surface area contributed by atoms with Gasteiger partial charge in [-0.3, -0.25) is 9.83 Å².